The Kier molecular flexibility index (Phi) is 4.13. The molecule has 1 heterocycles. The van der Waals surface area contributed by atoms with Crippen molar-refractivity contribution in [3.05, 3.63) is 21.9 Å². The second-order valence-corrected chi connectivity index (χ2v) is 5.68. The van der Waals surface area contributed by atoms with Crippen molar-refractivity contribution in [3.8, 4) is 0 Å². The molecular weight excluding hydrogens is 271 g/mol. The Hall–Kier alpha value is -0.800. The van der Waals surface area contributed by atoms with Gasteiger partial charge in [-0.2, -0.15) is 0 Å². The van der Waals surface area contributed by atoms with Crippen LogP contribution in [0.2, 0.25) is 10.3 Å². The summed E-state index contributed by atoms with van der Waals surface area (Å²) in [6.07, 6.45) is 3.18. The summed E-state index contributed by atoms with van der Waals surface area (Å²) in [4.78, 5) is 16.1. The van der Waals surface area contributed by atoms with Gasteiger partial charge in [0.15, 0.2) is 5.15 Å². The summed E-state index contributed by atoms with van der Waals surface area (Å²) in [5, 5.41) is 3.47. The molecule has 2 unspecified atom stereocenters. The number of carbonyl (C=O) groups is 1. The van der Waals surface area contributed by atoms with Gasteiger partial charge in [-0.15, -0.1) is 0 Å². The van der Waals surface area contributed by atoms with Crippen LogP contribution in [0.5, 0.6) is 0 Å². The topological polar surface area (TPSA) is 42.0 Å². The molecule has 0 saturated heterocycles. The summed E-state index contributed by atoms with van der Waals surface area (Å²) in [5.74, 6) is 0.551. The van der Waals surface area contributed by atoms with E-state index in [4.69, 9.17) is 23.2 Å². The highest BCUT2D eigenvalue weighted by Crippen LogP contribution is 2.33. The zero-order valence-corrected chi connectivity index (χ0v) is 12.0. The standard InChI is InChI=1S/C13H16Cl2N2O/c1-7-4-3-5-9(7)13(18)17-11-8(2)6-10(14)16-12(11)15/h6-7,9H,3-5H2,1-2H3,(H,17,18). The number of pyridine rings is 1. The maximum absolute atomic E-state index is 12.2. The Labute approximate surface area is 117 Å². The van der Waals surface area contributed by atoms with Crippen molar-refractivity contribution in [2.24, 2.45) is 11.8 Å². The highest BCUT2D eigenvalue weighted by atomic mass is 35.5. The minimum atomic E-state index is 0.0362. The average molecular weight is 287 g/mol. The number of halogens is 2. The second-order valence-electron chi connectivity index (χ2n) is 4.93. The number of amides is 1. The maximum Gasteiger partial charge on any atom is 0.227 e. The van der Waals surface area contributed by atoms with Gasteiger partial charge in [-0.3, -0.25) is 4.79 Å². The van der Waals surface area contributed by atoms with Crippen LogP contribution in [0.3, 0.4) is 0 Å². The third-order valence-electron chi connectivity index (χ3n) is 3.59. The Morgan fingerprint density at radius 1 is 1.44 bits per heavy atom. The molecule has 0 spiro atoms. The minimum Gasteiger partial charge on any atom is -0.323 e. The lowest BCUT2D eigenvalue weighted by Gasteiger charge is -2.17. The molecule has 98 valence electrons. The summed E-state index contributed by atoms with van der Waals surface area (Å²) in [5.41, 5.74) is 1.41. The number of nitrogens with one attached hydrogen (secondary N) is 1. The lowest BCUT2D eigenvalue weighted by Crippen LogP contribution is -2.25. The van der Waals surface area contributed by atoms with E-state index in [1.807, 2.05) is 6.92 Å². The minimum absolute atomic E-state index is 0.0362. The van der Waals surface area contributed by atoms with Crippen molar-refractivity contribution in [1.82, 2.24) is 4.98 Å². The molecule has 1 aromatic rings. The highest BCUT2D eigenvalue weighted by Gasteiger charge is 2.30. The van der Waals surface area contributed by atoms with Crippen molar-refractivity contribution in [2.45, 2.75) is 33.1 Å². The molecule has 0 aromatic carbocycles. The molecule has 1 N–H and O–H groups in total. The fraction of sp³-hybridized carbons (Fsp3) is 0.538. The first kappa shape index (κ1) is 13.6. The Morgan fingerprint density at radius 3 is 2.72 bits per heavy atom. The van der Waals surface area contributed by atoms with Crippen molar-refractivity contribution in [1.29, 1.82) is 0 Å². The van der Waals surface area contributed by atoms with E-state index in [2.05, 4.69) is 17.2 Å². The lowest BCUT2D eigenvalue weighted by molar-refractivity contribution is -0.120. The van der Waals surface area contributed by atoms with Gasteiger partial charge in [0.2, 0.25) is 5.91 Å². The molecule has 0 radical (unpaired) electrons. The summed E-state index contributed by atoms with van der Waals surface area (Å²) in [6, 6.07) is 1.70. The zero-order chi connectivity index (χ0) is 13.3. The second kappa shape index (κ2) is 5.45. The fourth-order valence-corrected chi connectivity index (χ4v) is 3.08. The Bertz CT molecular complexity index is 453. The van der Waals surface area contributed by atoms with Gasteiger partial charge in [0, 0.05) is 5.92 Å². The molecule has 1 aliphatic carbocycles. The number of anilines is 1. The van der Waals surface area contributed by atoms with Gasteiger partial charge >= 0.3 is 0 Å². The number of rotatable bonds is 2. The third kappa shape index (κ3) is 2.78. The van der Waals surface area contributed by atoms with Gasteiger partial charge in [-0.1, -0.05) is 36.5 Å². The first-order valence-electron chi connectivity index (χ1n) is 6.12. The van der Waals surface area contributed by atoms with E-state index in [-0.39, 0.29) is 17.0 Å². The molecule has 2 rings (SSSR count). The average Bonchev–Trinajstić information content (AvgIpc) is 2.69. The summed E-state index contributed by atoms with van der Waals surface area (Å²) in [7, 11) is 0. The molecule has 5 heteroatoms. The quantitative estimate of drug-likeness (QED) is 0.833. The summed E-state index contributed by atoms with van der Waals surface area (Å²) in [6.45, 7) is 3.97. The Morgan fingerprint density at radius 2 is 2.17 bits per heavy atom. The molecule has 18 heavy (non-hydrogen) atoms. The lowest BCUT2D eigenvalue weighted by atomic mass is 9.97. The molecule has 1 aliphatic rings. The maximum atomic E-state index is 12.2. The monoisotopic (exact) mass is 286 g/mol. The van der Waals surface area contributed by atoms with Crippen LogP contribution in [0.25, 0.3) is 0 Å². The van der Waals surface area contributed by atoms with Crippen LogP contribution in [-0.4, -0.2) is 10.9 Å². The summed E-state index contributed by atoms with van der Waals surface area (Å²) < 4.78 is 0. The van der Waals surface area contributed by atoms with Crippen LogP contribution in [0.15, 0.2) is 6.07 Å². The van der Waals surface area contributed by atoms with Gasteiger partial charge < -0.3 is 5.32 Å². The van der Waals surface area contributed by atoms with Crippen molar-refractivity contribution < 1.29 is 4.79 Å². The normalized spacial score (nSPS) is 23.1. The molecule has 1 amide bonds. The smallest absolute Gasteiger partial charge is 0.227 e. The van der Waals surface area contributed by atoms with E-state index in [1.165, 1.54) is 0 Å². The van der Waals surface area contributed by atoms with Crippen LogP contribution in [0.1, 0.15) is 31.7 Å². The van der Waals surface area contributed by atoms with Crippen molar-refractivity contribution in [2.75, 3.05) is 5.32 Å². The van der Waals surface area contributed by atoms with Crippen molar-refractivity contribution in [3.63, 3.8) is 0 Å². The SMILES string of the molecule is Cc1cc(Cl)nc(Cl)c1NC(=O)C1CCCC1C. The molecule has 1 fully saturated rings. The number of carbonyl (C=O) groups excluding carboxylic acids is 1. The molecule has 1 saturated carbocycles. The van der Waals surface area contributed by atoms with E-state index in [1.54, 1.807) is 6.07 Å². The van der Waals surface area contributed by atoms with Crippen molar-refractivity contribution >= 4 is 34.8 Å². The number of aromatic nitrogens is 1. The van der Waals surface area contributed by atoms with Crippen LogP contribution in [-0.2, 0) is 4.79 Å². The fourth-order valence-electron chi connectivity index (χ4n) is 2.50. The molecular formula is C13H16Cl2N2O. The van der Waals surface area contributed by atoms with E-state index < -0.39 is 0 Å². The largest absolute Gasteiger partial charge is 0.323 e. The van der Waals surface area contributed by atoms with Crippen LogP contribution in [0.4, 0.5) is 5.69 Å². The van der Waals surface area contributed by atoms with Gasteiger partial charge in [0.25, 0.3) is 0 Å². The summed E-state index contributed by atoms with van der Waals surface area (Å²) >= 11 is 11.8. The van der Waals surface area contributed by atoms with E-state index in [9.17, 15) is 4.79 Å². The van der Waals surface area contributed by atoms with Gasteiger partial charge in [-0.25, -0.2) is 4.98 Å². The predicted molar refractivity (Wildman–Crippen MR) is 74.1 cm³/mol. The highest BCUT2D eigenvalue weighted by molar-refractivity contribution is 6.34. The molecule has 0 bridgehead atoms. The molecule has 2 atom stereocenters. The van der Waals surface area contributed by atoms with E-state index in [0.29, 0.717) is 16.8 Å². The van der Waals surface area contributed by atoms with E-state index >= 15 is 0 Å². The molecule has 0 aliphatic heterocycles. The number of hydrogen-bond donors (Lipinski definition) is 1. The first-order valence-corrected chi connectivity index (χ1v) is 6.88. The van der Waals surface area contributed by atoms with Gasteiger partial charge in [-0.05, 0) is 37.3 Å². The number of nitrogens with zero attached hydrogens (tertiary/aromatic N) is 1. The van der Waals surface area contributed by atoms with E-state index in [0.717, 1.165) is 24.8 Å². The van der Waals surface area contributed by atoms with Crippen LogP contribution >= 0.6 is 23.2 Å². The zero-order valence-electron chi connectivity index (χ0n) is 10.5. The van der Waals surface area contributed by atoms with Gasteiger partial charge in [0.05, 0.1) is 5.69 Å². The number of hydrogen-bond acceptors (Lipinski definition) is 2. The number of aryl methyl sites for hydroxylation is 1. The molecule has 3 nitrogen and oxygen atoms in total. The van der Waals surface area contributed by atoms with Gasteiger partial charge in [0.1, 0.15) is 5.15 Å². The first-order chi connectivity index (χ1) is 8.49. The molecule has 1 aromatic heterocycles. The third-order valence-corrected chi connectivity index (χ3v) is 4.05. The predicted octanol–water partition coefficient (Wildman–Crippen LogP) is 4.07. The van der Waals surface area contributed by atoms with Crippen LogP contribution < -0.4 is 5.32 Å². The Balaban J connectivity index is 2.17. The van der Waals surface area contributed by atoms with Crippen LogP contribution in [0, 0.1) is 18.8 Å².